The van der Waals surface area contributed by atoms with E-state index < -0.39 is 0 Å². The summed E-state index contributed by atoms with van der Waals surface area (Å²) in [5.41, 5.74) is 3.76. The summed E-state index contributed by atoms with van der Waals surface area (Å²) in [4.78, 5) is 42.6. The van der Waals surface area contributed by atoms with Crippen molar-refractivity contribution in [2.75, 3.05) is 18.4 Å². The lowest BCUT2D eigenvalue weighted by Gasteiger charge is -2.25. The highest BCUT2D eigenvalue weighted by atomic mass is 16.2. The van der Waals surface area contributed by atoms with Gasteiger partial charge in [0.2, 0.25) is 11.9 Å². The van der Waals surface area contributed by atoms with E-state index in [0.717, 1.165) is 42.3 Å². The molecule has 8 nitrogen and oxygen atoms in total. The number of nitrogens with zero attached hydrogens (tertiary/aromatic N) is 2. The van der Waals surface area contributed by atoms with Gasteiger partial charge in [-0.1, -0.05) is 18.2 Å². The van der Waals surface area contributed by atoms with E-state index in [1.54, 1.807) is 24.3 Å². The maximum Gasteiger partial charge on any atom is 0.257 e. The van der Waals surface area contributed by atoms with Crippen LogP contribution < -0.4 is 16.0 Å². The molecule has 3 amide bonds. The first-order chi connectivity index (χ1) is 16.5. The van der Waals surface area contributed by atoms with Crippen LogP contribution in [0.1, 0.15) is 77.3 Å². The number of carbonyl (C=O) groups is 3. The zero-order valence-electron chi connectivity index (χ0n) is 19.3. The molecule has 2 atom stereocenters. The SMILES string of the molecule is C[C@@H]1CCCCNC(=O)c2cccc(c2)C(=O)Nc2nc3cccc(C4CCNC(=O)C4)c3n21. The van der Waals surface area contributed by atoms with E-state index in [1.807, 2.05) is 12.1 Å². The lowest BCUT2D eigenvalue weighted by atomic mass is 9.89. The Labute approximate surface area is 198 Å². The number of benzene rings is 2. The molecule has 1 aromatic heterocycles. The molecule has 2 aliphatic rings. The smallest absolute Gasteiger partial charge is 0.257 e. The molecule has 2 aromatic carbocycles. The third kappa shape index (κ3) is 4.27. The molecule has 8 heteroatoms. The maximum absolute atomic E-state index is 13.2. The number of nitrogens with one attached hydrogen (secondary N) is 3. The van der Waals surface area contributed by atoms with Gasteiger partial charge in [-0.25, -0.2) is 4.98 Å². The summed E-state index contributed by atoms with van der Waals surface area (Å²) in [5, 5.41) is 8.86. The Morgan fingerprint density at radius 1 is 0.912 bits per heavy atom. The number of rotatable bonds is 1. The second-order valence-electron chi connectivity index (χ2n) is 9.20. The molecule has 1 fully saturated rings. The van der Waals surface area contributed by atoms with Crippen LogP contribution in [0, 0.1) is 0 Å². The molecule has 2 bridgehead atoms. The Kier molecular flexibility index (Phi) is 6.04. The second-order valence-corrected chi connectivity index (χ2v) is 9.20. The van der Waals surface area contributed by atoms with Gasteiger partial charge < -0.3 is 15.2 Å². The molecule has 3 N–H and O–H groups in total. The van der Waals surface area contributed by atoms with Crippen molar-refractivity contribution in [1.29, 1.82) is 0 Å². The van der Waals surface area contributed by atoms with Gasteiger partial charge in [0.25, 0.3) is 11.8 Å². The van der Waals surface area contributed by atoms with Crippen LogP contribution in [-0.4, -0.2) is 40.4 Å². The minimum atomic E-state index is -0.311. The highest BCUT2D eigenvalue weighted by molar-refractivity contribution is 6.06. The van der Waals surface area contributed by atoms with E-state index >= 15 is 0 Å². The van der Waals surface area contributed by atoms with Crippen LogP contribution in [0.4, 0.5) is 5.95 Å². The van der Waals surface area contributed by atoms with E-state index in [2.05, 4.69) is 33.5 Å². The summed E-state index contributed by atoms with van der Waals surface area (Å²) in [7, 11) is 0. The monoisotopic (exact) mass is 459 g/mol. The zero-order valence-corrected chi connectivity index (χ0v) is 19.3. The van der Waals surface area contributed by atoms with Gasteiger partial charge in [0, 0.05) is 36.7 Å². The molecule has 0 radical (unpaired) electrons. The normalized spacial score (nSPS) is 21.7. The minimum absolute atomic E-state index is 0.0669. The fourth-order valence-electron chi connectivity index (χ4n) is 5.04. The first kappa shape index (κ1) is 22.1. The van der Waals surface area contributed by atoms with E-state index in [4.69, 9.17) is 4.98 Å². The Balaban J connectivity index is 1.61. The average molecular weight is 460 g/mol. The van der Waals surface area contributed by atoms with Gasteiger partial charge in [0.05, 0.1) is 11.0 Å². The van der Waals surface area contributed by atoms with Crippen molar-refractivity contribution in [1.82, 2.24) is 20.2 Å². The molecule has 2 aliphatic heterocycles. The molecule has 0 saturated carbocycles. The Morgan fingerprint density at radius 3 is 2.53 bits per heavy atom. The first-order valence-corrected chi connectivity index (χ1v) is 12.0. The molecule has 1 unspecified atom stereocenters. The third-order valence-electron chi connectivity index (χ3n) is 6.82. The number of hydrogen-bond donors (Lipinski definition) is 3. The van der Waals surface area contributed by atoms with Crippen molar-refractivity contribution in [3.63, 3.8) is 0 Å². The molecule has 3 aromatic rings. The lowest BCUT2D eigenvalue weighted by molar-refractivity contribution is -0.122. The summed E-state index contributed by atoms with van der Waals surface area (Å²) >= 11 is 0. The molecule has 0 spiro atoms. The van der Waals surface area contributed by atoms with Crippen LogP contribution in [0.3, 0.4) is 0 Å². The lowest BCUT2D eigenvalue weighted by Crippen LogP contribution is -2.32. The number of hydrogen-bond acceptors (Lipinski definition) is 4. The number of aromatic nitrogens is 2. The first-order valence-electron chi connectivity index (χ1n) is 12.0. The highest BCUT2D eigenvalue weighted by Gasteiger charge is 2.27. The summed E-state index contributed by atoms with van der Waals surface area (Å²) in [6.45, 7) is 3.38. The van der Waals surface area contributed by atoms with E-state index in [-0.39, 0.29) is 29.7 Å². The van der Waals surface area contributed by atoms with Crippen molar-refractivity contribution in [2.45, 2.75) is 51.0 Å². The predicted octanol–water partition coefficient (Wildman–Crippen LogP) is 3.76. The highest BCUT2D eigenvalue weighted by Crippen LogP contribution is 2.36. The van der Waals surface area contributed by atoms with Gasteiger partial charge in [-0.3, -0.25) is 19.7 Å². The number of fused-ring (bicyclic) bond motifs is 5. The molecule has 3 heterocycles. The Bertz CT molecular complexity index is 1260. The van der Waals surface area contributed by atoms with Crippen molar-refractivity contribution in [2.24, 2.45) is 0 Å². The number of anilines is 1. The Morgan fingerprint density at radius 2 is 1.71 bits per heavy atom. The standard InChI is InChI=1S/C26H29N5O3/c1-16-6-2-3-12-28-24(33)18-7-4-8-19(14-18)25(34)30-26-29-21-10-5-9-20(23(21)31(16)26)17-11-13-27-22(32)15-17/h4-5,7-10,14,16-17H,2-3,6,11-13,15H2,1H3,(H,27,32)(H,28,33)(H,29,30,34)/t16-,17?/m1/s1. The topological polar surface area (TPSA) is 105 Å². The van der Waals surface area contributed by atoms with Crippen LogP contribution in [0.25, 0.3) is 11.0 Å². The van der Waals surface area contributed by atoms with Crippen molar-refractivity contribution in [3.05, 3.63) is 59.2 Å². The molecule has 176 valence electrons. The van der Waals surface area contributed by atoms with Crippen molar-refractivity contribution in [3.8, 4) is 0 Å². The number of para-hydroxylation sites is 1. The minimum Gasteiger partial charge on any atom is -0.356 e. The number of piperidine rings is 1. The molecule has 0 aliphatic carbocycles. The molecular weight excluding hydrogens is 430 g/mol. The molecular formula is C26H29N5O3. The van der Waals surface area contributed by atoms with Gasteiger partial charge in [-0.05, 0) is 68.4 Å². The largest absolute Gasteiger partial charge is 0.356 e. The molecule has 5 rings (SSSR count). The van der Waals surface area contributed by atoms with Gasteiger partial charge in [-0.2, -0.15) is 0 Å². The van der Waals surface area contributed by atoms with Gasteiger partial charge in [0.1, 0.15) is 0 Å². The fraction of sp³-hybridized carbons (Fsp3) is 0.385. The number of imidazole rings is 1. The summed E-state index contributed by atoms with van der Waals surface area (Å²) < 4.78 is 2.13. The Hall–Kier alpha value is -3.68. The zero-order chi connectivity index (χ0) is 23.7. The fourth-order valence-corrected chi connectivity index (χ4v) is 5.04. The number of amides is 3. The van der Waals surface area contributed by atoms with Crippen LogP contribution in [0.2, 0.25) is 0 Å². The maximum atomic E-state index is 13.2. The van der Waals surface area contributed by atoms with Crippen LogP contribution in [-0.2, 0) is 4.79 Å². The van der Waals surface area contributed by atoms with Crippen LogP contribution in [0.5, 0.6) is 0 Å². The predicted molar refractivity (Wildman–Crippen MR) is 130 cm³/mol. The third-order valence-corrected chi connectivity index (χ3v) is 6.82. The van der Waals surface area contributed by atoms with Crippen molar-refractivity contribution < 1.29 is 14.4 Å². The van der Waals surface area contributed by atoms with Gasteiger partial charge >= 0.3 is 0 Å². The quantitative estimate of drug-likeness (QED) is 0.515. The molecule has 1 saturated heterocycles. The van der Waals surface area contributed by atoms with E-state index in [0.29, 0.717) is 36.6 Å². The van der Waals surface area contributed by atoms with Crippen LogP contribution in [0.15, 0.2) is 42.5 Å². The molecule has 34 heavy (non-hydrogen) atoms. The van der Waals surface area contributed by atoms with Crippen LogP contribution >= 0.6 is 0 Å². The summed E-state index contributed by atoms with van der Waals surface area (Å²) in [5.74, 6) is 0.188. The number of carbonyl (C=O) groups excluding carboxylic acids is 3. The summed E-state index contributed by atoms with van der Waals surface area (Å²) in [6.07, 6.45) is 3.97. The van der Waals surface area contributed by atoms with Crippen molar-refractivity contribution >= 4 is 34.7 Å². The van der Waals surface area contributed by atoms with Gasteiger partial charge in [0.15, 0.2) is 0 Å². The van der Waals surface area contributed by atoms with Gasteiger partial charge in [-0.15, -0.1) is 0 Å². The van der Waals surface area contributed by atoms with E-state index in [1.165, 1.54) is 0 Å². The summed E-state index contributed by atoms with van der Waals surface area (Å²) in [6, 6.07) is 12.8. The second kappa shape index (κ2) is 9.29. The average Bonchev–Trinajstić information content (AvgIpc) is 3.21. The van der Waals surface area contributed by atoms with E-state index in [9.17, 15) is 14.4 Å².